The van der Waals surface area contributed by atoms with Crippen LogP contribution < -0.4 is 0 Å². The van der Waals surface area contributed by atoms with E-state index in [9.17, 15) is 0 Å². The third-order valence-corrected chi connectivity index (χ3v) is 48.4. The smallest absolute Gasteiger partial charge is 0.172 e. The molecule has 0 spiro atoms. The van der Waals surface area contributed by atoms with Gasteiger partial charge in [0.05, 0.1) is 12.7 Å². The van der Waals surface area contributed by atoms with Crippen LogP contribution >= 0.6 is 0 Å². The predicted molar refractivity (Wildman–Crippen MR) is 128 cm³/mol. The van der Waals surface area contributed by atoms with Crippen LogP contribution in [-0.4, -0.2) is 28.1 Å². The van der Waals surface area contributed by atoms with E-state index in [-0.39, 0.29) is 5.60 Å². The van der Waals surface area contributed by atoms with Gasteiger partial charge in [0.15, 0.2) is 7.83 Å². The second-order valence-corrected chi connectivity index (χ2v) is 38.3. The lowest BCUT2D eigenvalue weighted by Gasteiger charge is -2.58. The van der Waals surface area contributed by atoms with Gasteiger partial charge < -0.3 is 4.43 Å². The summed E-state index contributed by atoms with van der Waals surface area (Å²) in [5.74, 6) is 0. The standard InChI is InChI=1S/C22H50OSi3/c1-9-10-11-12-13-14-15-16-17-18-19-20-22(2)21-24(3,4)26(7,8)25(5,6)23-22/h9-21H2,1-8H3. The maximum Gasteiger partial charge on any atom is 0.172 e. The third-order valence-electron chi connectivity index (χ3n) is 7.82. The lowest BCUT2D eigenvalue weighted by Crippen LogP contribution is -2.78. The second-order valence-electron chi connectivity index (χ2n) is 11.0. The first-order chi connectivity index (χ1) is 12.0. The Kier molecular flexibility index (Phi) is 9.86. The minimum atomic E-state index is -1.49. The van der Waals surface area contributed by atoms with E-state index in [1.807, 2.05) is 0 Å². The highest BCUT2D eigenvalue weighted by atomic mass is 29.6. The van der Waals surface area contributed by atoms with Crippen molar-refractivity contribution < 1.29 is 4.43 Å². The van der Waals surface area contributed by atoms with Crippen molar-refractivity contribution in [3.8, 4) is 0 Å². The molecule has 1 atom stereocenters. The minimum absolute atomic E-state index is 0.202. The summed E-state index contributed by atoms with van der Waals surface area (Å²) in [6.45, 7) is 20.5. The number of unbranched alkanes of at least 4 members (excludes halogenated alkanes) is 10. The highest BCUT2D eigenvalue weighted by molar-refractivity contribution is 7.67. The normalized spacial score (nSPS) is 26.8. The summed E-state index contributed by atoms with van der Waals surface area (Å²) in [5, 5.41) is 0. The van der Waals surface area contributed by atoms with Crippen LogP contribution in [0.5, 0.6) is 0 Å². The van der Waals surface area contributed by atoms with Gasteiger partial charge in [-0.15, -0.1) is 0 Å². The van der Waals surface area contributed by atoms with Crippen LogP contribution in [-0.2, 0) is 4.43 Å². The van der Waals surface area contributed by atoms with Crippen molar-refractivity contribution >= 4 is 22.5 Å². The van der Waals surface area contributed by atoms with E-state index in [0.29, 0.717) is 0 Å². The molecule has 1 heterocycles. The van der Waals surface area contributed by atoms with Gasteiger partial charge in [-0.1, -0.05) is 104 Å². The fraction of sp³-hybridized carbons (Fsp3) is 1.00. The van der Waals surface area contributed by atoms with E-state index in [0.717, 1.165) is 0 Å². The van der Waals surface area contributed by atoms with Gasteiger partial charge in [-0.3, -0.25) is 0 Å². The molecule has 1 fully saturated rings. The maximum absolute atomic E-state index is 6.94. The highest BCUT2D eigenvalue weighted by Gasteiger charge is 2.61. The van der Waals surface area contributed by atoms with E-state index in [2.05, 4.69) is 53.1 Å². The topological polar surface area (TPSA) is 9.23 Å². The van der Waals surface area contributed by atoms with Crippen molar-refractivity contribution in [2.45, 2.75) is 142 Å². The molecule has 0 aromatic heterocycles. The second kappa shape index (κ2) is 10.4. The van der Waals surface area contributed by atoms with Gasteiger partial charge in [0, 0.05) is 7.59 Å². The molecule has 0 aromatic rings. The Bertz CT molecular complexity index is 384. The zero-order chi connectivity index (χ0) is 19.9. The lowest BCUT2D eigenvalue weighted by atomic mass is 9.99. The van der Waals surface area contributed by atoms with Crippen molar-refractivity contribution in [2.24, 2.45) is 0 Å². The summed E-state index contributed by atoms with van der Waals surface area (Å²) in [5.41, 5.74) is 0.202. The molecule has 1 rings (SSSR count). The van der Waals surface area contributed by atoms with Crippen LogP contribution in [0.1, 0.15) is 90.9 Å². The Morgan fingerprint density at radius 3 is 1.54 bits per heavy atom. The van der Waals surface area contributed by atoms with Gasteiger partial charge in [0.25, 0.3) is 0 Å². The van der Waals surface area contributed by atoms with Crippen LogP contribution in [0.25, 0.3) is 0 Å². The Labute approximate surface area is 168 Å². The molecule has 26 heavy (non-hydrogen) atoms. The molecular weight excluding hydrogens is 364 g/mol. The maximum atomic E-state index is 6.94. The quantitative estimate of drug-likeness (QED) is 0.230. The van der Waals surface area contributed by atoms with Gasteiger partial charge in [0.1, 0.15) is 0 Å². The summed E-state index contributed by atoms with van der Waals surface area (Å²) in [6.07, 6.45) is 17.1. The van der Waals surface area contributed by atoms with Crippen molar-refractivity contribution in [2.75, 3.05) is 0 Å². The van der Waals surface area contributed by atoms with E-state index in [1.165, 1.54) is 83.1 Å². The number of rotatable bonds is 12. The lowest BCUT2D eigenvalue weighted by molar-refractivity contribution is 0.0877. The summed E-state index contributed by atoms with van der Waals surface area (Å²) < 4.78 is 6.94. The number of hydrogen-bond donors (Lipinski definition) is 0. The summed E-state index contributed by atoms with van der Waals surface area (Å²) in [7, 11) is -3.76. The molecule has 4 heteroatoms. The Balaban J connectivity index is 2.23. The van der Waals surface area contributed by atoms with Gasteiger partial charge in [-0.25, -0.2) is 0 Å². The summed E-state index contributed by atoms with van der Waals surface area (Å²) in [4.78, 5) is 0. The van der Waals surface area contributed by atoms with Gasteiger partial charge in [-0.2, -0.15) is 0 Å². The molecule has 0 amide bonds. The largest absolute Gasteiger partial charge is 0.415 e. The first kappa shape index (κ1) is 24.6. The molecule has 1 nitrogen and oxygen atoms in total. The highest BCUT2D eigenvalue weighted by Crippen LogP contribution is 2.45. The van der Waals surface area contributed by atoms with Crippen LogP contribution in [0.3, 0.4) is 0 Å². The van der Waals surface area contributed by atoms with E-state index >= 15 is 0 Å². The molecule has 0 aromatic carbocycles. The van der Waals surface area contributed by atoms with Gasteiger partial charge in [-0.05, 0) is 32.5 Å². The monoisotopic (exact) mass is 414 g/mol. The molecule has 0 bridgehead atoms. The van der Waals surface area contributed by atoms with Crippen molar-refractivity contribution in [1.29, 1.82) is 0 Å². The zero-order valence-electron chi connectivity index (χ0n) is 19.6. The fourth-order valence-corrected chi connectivity index (χ4v) is 35.8. The third kappa shape index (κ3) is 6.89. The van der Waals surface area contributed by atoms with E-state index in [1.54, 1.807) is 0 Å². The Hall–Kier alpha value is 0.611. The van der Waals surface area contributed by atoms with Gasteiger partial charge in [0.2, 0.25) is 0 Å². The van der Waals surface area contributed by atoms with Crippen LogP contribution in [0.15, 0.2) is 0 Å². The molecule has 1 aliphatic rings. The average Bonchev–Trinajstić information content (AvgIpc) is 2.50. The molecule has 0 aliphatic carbocycles. The molecule has 1 saturated heterocycles. The molecule has 156 valence electrons. The predicted octanol–water partition coefficient (Wildman–Crippen LogP) is 8.26. The molecule has 0 radical (unpaired) electrons. The first-order valence-corrected chi connectivity index (χ1v) is 22.8. The molecule has 0 saturated carbocycles. The Morgan fingerprint density at radius 1 is 0.692 bits per heavy atom. The molecular formula is C22H50OSi3. The van der Waals surface area contributed by atoms with Crippen molar-refractivity contribution in [3.05, 3.63) is 0 Å². The van der Waals surface area contributed by atoms with Crippen LogP contribution in [0.4, 0.5) is 0 Å². The van der Waals surface area contributed by atoms with Crippen molar-refractivity contribution in [1.82, 2.24) is 0 Å². The SMILES string of the molecule is CCCCCCCCCCCCCC1(C)C[Si](C)(C)[Si](C)(C)[Si](C)(C)O1. The fourth-order valence-electron chi connectivity index (χ4n) is 5.05. The molecule has 1 aliphatic heterocycles. The Morgan fingerprint density at radius 2 is 1.12 bits per heavy atom. The molecule has 0 N–H and O–H groups in total. The van der Waals surface area contributed by atoms with E-state index in [4.69, 9.17) is 4.43 Å². The minimum Gasteiger partial charge on any atom is -0.415 e. The van der Waals surface area contributed by atoms with Gasteiger partial charge >= 0.3 is 0 Å². The zero-order valence-corrected chi connectivity index (χ0v) is 22.6. The first-order valence-electron chi connectivity index (χ1n) is 11.7. The van der Waals surface area contributed by atoms with E-state index < -0.39 is 22.5 Å². The number of hydrogen-bond acceptors (Lipinski definition) is 1. The van der Waals surface area contributed by atoms with Crippen LogP contribution in [0, 0.1) is 0 Å². The van der Waals surface area contributed by atoms with Crippen molar-refractivity contribution in [3.63, 3.8) is 0 Å². The summed E-state index contributed by atoms with van der Waals surface area (Å²) >= 11 is 0. The van der Waals surface area contributed by atoms with Crippen LogP contribution in [0.2, 0.25) is 45.3 Å². The average molecular weight is 415 g/mol. The summed E-state index contributed by atoms with van der Waals surface area (Å²) in [6, 6.07) is 1.41. The molecule has 1 unspecified atom stereocenters.